The summed E-state index contributed by atoms with van der Waals surface area (Å²) in [5.74, 6) is 0. The maximum Gasteiger partial charge on any atom is -0.00474 e. The molecular weight excluding hydrogens is 136 g/mol. The second-order valence-corrected chi connectivity index (χ2v) is 2.33. The van der Waals surface area contributed by atoms with Crippen molar-refractivity contribution >= 4 is 0 Å². The van der Waals surface area contributed by atoms with Crippen molar-refractivity contribution in [1.82, 2.24) is 10.2 Å². The Bertz CT molecular complexity index is 44.0. The van der Waals surface area contributed by atoms with E-state index in [2.05, 4.69) is 37.9 Å². The van der Waals surface area contributed by atoms with Crippen LogP contribution < -0.4 is 5.32 Å². The molecule has 0 rings (SSSR count). The molecule has 0 fully saturated rings. The van der Waals surface area contributed by atoms with E-state index in [0.717, 1.165) is 6.54 Å². The van der Waals surface area contributed by atoms with Gasteiger partial charge in [-0.25, -0.2) is 0 Å². The number of hydrogen-bond donors (Lipinski definition) is 1. The molecule has 0 aromatic heterocycles. The Morgan fingerprint density at radius 2 is 1.18 bits per heavy atom. The van der Waals surface area contributed by atoms with Gasteiger partial charge in [-0.15, -0.1) is 0 Å². The minimum atomic E-state index is 1.07. The average Bonchev–Trinajstić information content (AvgIpc) is 2.08. The molecule has 11 heavy (non-hydrogen) atoms. The molecule has 0 atom stereocenters. The van der Waals surface area contributed by atoms with Crippen molar-refractivity contribution in [2.45, 2.75) is 27.7 Å². The zero-order valence-electron chi connectivity index (χ0n) is 8.78. The summed E-state index contributed by atoms with van der Waals surface area (Å²) >= 11 is 0. The lowest BCUT2D eigenvalue weighted by molar-refractivity contribution is 0.321. The largest absolute Gasteiger partial charge is 0.320 e. The second-order valence-electron chi connectivity index (χ2n) is 2.33. The monoisotopic (exact) mass is 160 g/mol. The molecule has 0 aromatic rings. The fourth-order valence-electron chi connectivity index (χ4n) is 0.671. The molecule has 0 aliphatic rings. The Hall–Kier alpha value is -0.0800. The molecular formula is C9H24N2. The highest BCUT2D eigenvalue weighted by atomic mass is 15.1. The third-order valence-corrected chi connectivity index (χ3v) is 1.70. The maximum absolute atomic E-state index is 2.93. The summed E-state index contributed by atoms with van der Waals surface area (Å²) in [6, 6.07) is 0. The van der Waals surface area contributed by atoms with Gasteiger partial charge in [0.05, 0.1) is 0 Å². The van der Waals surface area contributed by atoms with Crippen molar-refractivity contribution < 1.29 is 0 Å². The fourth-order valence-corrected chi connectivity index (χ4v) is 0.671. The van der Waals surface area contributed by atoms with Gasteiger partial charge in [0.2, 0.25) is 0 Å². The zero-order valence-corrected chi connectivity index (χ0v) is 8.78. The first kappa shape index (κ1) is 13.5. The molecule has 2 heteroatoms. The Morgan fingerprint density at radius 3 is 1.18 bits per heavy atom. The van der Waals surface area contributed by atoms with Gasteiger partial charge in [0, 0.05) is 0 Å². The van der Waals surface area contributed by atoms with Crippen LogP contribution in [-0.4, -0.2) is 38.1 Å². The molecule has 0 saturated heterocycles. The standard InChI is InChI=1S/C6H15N.C3H9N/c1-4-7(5-2)6-3;1-3-4-2/h4-6H2,1-3H3;4H,3H2,1-2H3. The molecule has 0 amide bonds. The first-order valence-electron chi connectivity index (χ1n) is 4.63. The van der Waals surface area contributed by atoms with E-state index in [4.69, 9.17) is 0 Å². The lowest BCUT2D eigenvalue weighted by atomic mass is 10.5. The maximum atomic E-state index is 2.93. The Labute approximate surface area is 72.0 Å². The Kier molecular flexibility index (Phi) is 15.4. The van der Waals surface area contributed by atoms with Crippen LogP contribution in [0.1, 0.15) is 27.7 Å². The summed E-state index contributed by atoms with van der Waals surface area (Å²) in [7, 11) is 1.93. The van der Waals surface area contributed by atoms with Crippen LogP contribution >= 0.6 is 0 Å². The Balaban J connectivity index is 0. The van der Waals surface area contributed by atoms with Crippen LogP contribution in [0.2, 0.25) is 0 Å². The van der Waals surface area contributed by atoms with Crippen molar-refractivity contribution in [2.24, 2.45) is 0 Å². The zero-order chi connectivity index (χ0) is 9.11. The van der Waals surface area contributed by atoms with Gasteiger partial charge in [-0.2, -0.15) is 0 Å². The van der Waals surface area contributed by atoms with Crippen molar-refractivity contribution in [3.05, 3.63) is 0 Å². The van der Waals surface area contributed by atoms with Crippen LogP contribution in [0.4, 0.5) is 0 Å². The highest BCUT2D eigenvalue weighted by Crippen LogP contribution is 1.81. The average molecular weight is 160 g/mol. The van der Waals surface area contributed by atoms with Gasteiger partial charge in [-0.1, -0.05) is 27.7 Å². The van der Waals surface area contributed by atoms with E-state index in [0.29, 0.717) is 0 Å². The second kappa shape index (κ2) is 12.6. The van der Waals surface area contributed by atoms with E-state index in [1.165, 1.54) is 19.6 Å². The van der Waals surface area contributed by atoms with Crippen LogP contribution in [0.3, 0.4) is 0 Å². The molecule has 0 bridgehead atoms. The third kappa shape index (κ3) is 13.0. The molecule has 0 heterocycles. The highest BCUT2D eigenvalue weighted by molar-refractivity contribution is 4.43. The molecule has 70 valence electrons. The molecule has 0 aliphatic carbocycles. The van der Waals surface area contributed by atoms with Gasteiger partial charge in [-0.3, -0.25) is 0 Å². The Morgan fingerprint density at radius 1 is 0.909 bits per heavy atom. The summed E-state index contributed by atoms with van der Waals surface area (Å²) in [5.41, 5.74) is 0. The van der Waals surface area contributed by atoms with Gasteiger partial charge in [0.1, 0.15) is 0 Å². The third-order valence-electron chi connectivity index (χ3n) is 1.70. The first-order valence-corrected chi connectivity index (χ1v) is 4.63. The SMILES string of the molecule is CCN(CC)CC.CCNC. The van der Waals surface area contributed by atoms with Gasteiger partial charge in [-0.05, 0) is 33.2 Å². The highest BCUT2D eigenvalue weighted by Gasteiger charge is 1.89. The van der Waals surface area contributed by atoms with Crippen molar-refractivity contribution in [3.63, 3.8) is 0 Å². The minimum absolute atomic E-state index is 1.07. The molecule has 0 spiro atoms. The molecule has 1 N–H and O–H groups in total. The van der Waals surface area contributed by atoms with Gasteiger partial charge in [0.25, 0.3) is 0 Å². The van der Waals surface area contributed by atoms with E-state index in [1.807, 2.05) is 7.05 Å². The quantitative estimate of drug-likeness (QED) is 0.671. The van der Waals surface area contributed by atoms with Crippen LogP contribution in [0, 0.1) is 0 Å². The predicted molar refractivity (Wildman–Crippen MR) is 53.1 cm³/mol. The van der Waals surface area contributed by atoms with E-state index < -0.39 is 0 Å². The van der Waals surface area contributed by atoms with Crippen LogP contribution in [0.5, 0.6) is 0 Å². The summed E-state index contributed by atoms with van der Waals surface area (Å²) in [5, 5.41) is 2.93. The van der Waals surface area contributed by atoms with Crippen molar-refractivity contribution in [3.8, 4) is 0 Å². The van der Waals surface area contributed by atoms with E-state index in [-0.39, 0.29) is 0 Å². The van der Waals surface area contributed by atoms with E-state index >= 15 is 0 Å². The van der Waals surface area contributed by atoms with Gasteiger partial charge < -0.3 is 10.2 Å². The normalized spacial score (nSPS) is 9.27. The van der Waals surface area contributed by atoms with Crippen LogP contribution in [0.25, 0.3) is 0 Å². The van der Waals surface area contributed by atoms with E-state index in [1.54, 1.807) is 0 Å². The summed E-state index contributed by atoms with van der Waals surface area (Å²) in [6.07, 6.45) is 0. The number of nitrogens with zero attached hydrogens (tertiary/aromatic N) is 1. The summed E-state index contributed by atoms with van der Waals surface area (Å²) in [6.45, 7) is 13.3. The summed E-state index contributed by atoms with van der Waals surface area (Å²) < 4.78 is 0. The lowest BCUT2D eigenvalue weighted by Gasteiger charge is -2.13. The van der Waals surface area contributed by atoms with Crippen LogP contribution in [0.15, 0.2) is 0 Å². The molecule has 2 nitrogen and oxygen atoms in total. The fraction of sp³-hybridized carbons (Fsp3) is 1.00. The van der Waals surface area contributed by atoms with E-state index in [9.17, 15) is 0 Å². The number of rotatable bonds is 4. The number of nitrogens with one attached hydrogen (secondary N) is 1. The lowest BCUT2D eigenvalue weighted by Crippen LogP contribution is -2.21. The number of hydrogen-bond acceptors (Lipinski definition) is 2. The topological polar surface area (TPSA) is 15.3 Å². The molecule has 0 aromatic carbocycles. The summed E-state index contributed by atoms with van der Waals surface area (Å²) in [4.78, 5) is 2.38. The van der Waals surface area contributed by atoms with Gasteiger partial charge >= 0.3 is 0 Å². The molecule has 0 unspecified atom stereocenters. The van der Waals surface area contributed by atoms with Crippen LogP contribution in [-0.2, 0) is 0 Å². The van der Waals surface area contributed by atoms with Crippen molar-refractivity contribution in [2.75, 3.05) is 33.2 Å². The molecule has 0 radical (unpaired) electrons. The smallest absolute Gasteiger partial charge is 0.00474 e. The van der Waals surface area contributed by atoms with Crippen molar-refractivity contribution in [1.29, 1.82) is 0 Å². The first-order chi connectivity index (χ1) is 5.26. The molecule has 0 aliphatic heterocycles. The van der Waals surface area contributed by atoms with Gasteiger partial charge in [0.15, 0.2) is 0 Å². The minimum Gasteiger partial charge on any atom is -0.320 e. The predicted octanol–water partition coefficient (Wildman–Crippen LogP) is 1.57. The molecule has 0 saturated carbocycles.